The van der Waals surface area contributed by atoms with Crippen molar-refractivity contribution in [3.05, 3.63) is 59.0 Å². The number of halogens is 1. The fourth-order valence-corrected chi connectivity index (χ4v) is 2.85. The maximum Gasteiger partial charge on any atom is 0.156 e. The molecule has 2 aromatic heterocycles. The summed E-state index contributed by atoms with van der Waals surface area (Å²) in [4.78, 5) is 8.21. The van der Waals surface area contributed by atoms with Gasteiger partial charge >= 0.3 is 0 Å². The molecule has 2 N–H and O–H groups in total. The fourth-order valence-electron chi connectivity index (χ4n) is 1.81. The lowest BCUT2D eigenvalue weighted by atomic mass is 10.2. The smallest absolute Gasteiger partial charge is 0.156 e. The Morgan fingerprint density at radius 2 is 1.81 bits per heavy atom. The average Bonchev–Trinajstić information content (AvgIpc) is 2.96. The molecule has 0 unspecified atom stereocenters. The third-order valence-electron chi connectivity index (χ3n) is 2.83. The second-order valence-electron chi connectivity index (χ2n) is 4.31. The van der Waals surface area contributed by atoms with Crippen molar-refractivity contribution in [2.24, 2.45) is 0 Å². The molecule has 0 bridgehead atoms. The number of furan rings is 1. The van der Waals surface area contributed by atoms with Crippen LogP contribution in [0, 0.1) is 0 Å². The first-order valence-electron chi connectivity index (χ1n) is 6.26. The van der Waals surface area contributed by atoms with Crippen molar-refractivity contribution < 1.29 is 4.42 Å². The van der Waals surface area contributed by atoms with E-state index in [0.717, 1.165) is 26.6 Å². The maximum absolute atomic E-state index is 5.85. The van der Waals surface area contributed by atoms with Gasteiger partial charge in [-0.25, -0.2) is 9.97 Å². The van der Waals surface area contributed by atoms with Crippen molar-refractivity contribution in [1.29, 1.82) is 0 Å². The van der Waals surface area contributed by atoms with Gasteiger partial charge in [-0.2, -0.15) is 0 Å². The minimum Gasteiger partial charge on any atom is -0.460 e. The lowest BCUT2D eigenvalue weighted by Gasteiger charge is -2.01. The number of benzene rings is 1. The SMILES string of the molecule is Nc1nccnc1SCc1ccc(-c2ccc(Br)cc2)o1. The lowest BCUT2D eigenvalue weighted by Crippen LogP contribution is -1.94. The Morgan fingerprint density at radius 3 is 2.57 bits per heavy atom. The summed E-state index contributed by atoms with van der Waals surface area (Å²) in [7, 11) is 0. The first kappa shape index (κ1) is 14.2. The Labute approximate surface area is 134 Å². The van der Waals surface area contributed by atoms with Gasteiger partial charge in [0.15, 0.2) is 5.82 Å². The van der Waals surface area contributed by atoms with Crippen LogP contribution in [0.1, 0.15) is 5.76 Å². The number of thioether (sulfide) groups is 1. The zero-order valence-corrected chi connectivity index (χ0v) is 13.4. The largest absolute Gasteiger partial charge is 0.460 e. The summed E-state index contributed by atoms with van der Waals surface area (Å²) < 4.78 is 6.89. The number of anilines is 1. The van der Waals surface area contributed by atoms with Crippen LogP contribution in [0.25, 0.3) is 11.3 Å². The first-order chi connectivity index (χ1) is 10.2. The van der Waals surface area contributed by atoms with Crippen molar-refractivity contribution >= 4 is 33.5 Å². The standard InChI is InChI=1S/C15H12BrN3OS/c16-11-3-1-10(2-4-11)13-6-5-12(20-13)9-21-15-14(17)18-7-8-19-15/h1-8H,9H2,(H2,17,18). The van der Waals surface area contributed by atoms with Crippen molar-refractivity contribution in [2.45, 2.75) is 10.8 Å². The van der Waals surface area contributed by atoms with Crippen LogP contribution in [-0.4, -0.2) is 9.97 Å². The molecule has 0 aliphatic rings. The van der Waals surface area contributed by atoms with E-state index in [1.807, 2.05) is 36.4 Å². The van der Waals surface area contributed by atoms with E-state index < -0.39 is 0 Å². The number of hydrogen-bond donors (Lipinski definition) is 1. The predicted molar refractivity (Wildman–Crippen MR) is 87.8 cm³/mol. The van der Waals surface area contributed by atoms with Gasteiger partial charge in [0.25, 0.3) is 0 Å². The van der Waals surface area contributed by atoms with Crippen LogP contribution in [0.15, 0.2) is 62.7 Å². The van der Waals surface area contributed by atoms with Gasteiger partial charge in [-0.1, -0.05) is 39.8 Å². The highest BCUT2D eigenvalue weighted by molar-refractivity contribution is 9.10. The lowest BCUT2D eigenvalue weighted by molar-refractivity contribution is 0.544. The number of nitrogen functional groups attached to an aromatic ring is 1. The van der Waals surface area contributed by atoms with Crippen LogP contribution in [-0.2, 0) is 5.75 Å². The number of hydrogen-bond acceptors (Lipinski definition) is 5. The predicted octanol–water partition coefficient (Wildman–Crippen LogP) is 4.37. The zero-order chi connectivity index (χ0) is 14.7. The Bertz CT molecular complexity index is 743. The molecule has 0 spiro atoms. The molecule has 0 fully saturated rings. The molecule has 6 heteroatoms. The summed E-state index contributed by atoms with van der Waals surface area (Å²) in [6.45, 7) is 0. The Morgan fingerprint density at radius 1 is 1.05 bits per heavy atom. The van der Waals surface area contributed by atoms with Crippen LogP contribution in [0.2, 0.25) is 0 Å². The molecule has 0 saturated heterocycles. The Hall–Kier alpha value is -1.79. The van der Waals surface area contributed by atoms with Gasteiger partial charge in [0.2, 0.25) is 0 Å². The molecule has 2 heterocycles. The van der Waals surface area contributed by atoms with Gasteiger partial charge in [-0.3, -0.25) is 0 Å². The van der Waals surface area contributed by atoms with E-state index in [1.165, 1.54) is 11.8 Å². The molecule has 4 nitrogen and oxygen atoms in total. The maximum atomic E-state index is 5.85. The molecule has 0 radical (unpaired) electrons. The van der Waals surface area contributed by atoms with Crippen LogP contribution < -0.4 is 5.73 Å². The minimum atomic E-state index is 0.446. The molecule has 0 saturated carbocycles. The number of nitrogens with two attached hydrogens (primary N) is 1. The second-order valence-corrected chi connectivity index (χ2v) is 6.19. The minimum absolute atomic E-state index is 0.446. The van der Waals surface area contributed by atoms with E-state index in [-0.39, 0.29) is 0 Å². The quantitative estimate of drug-likeness (QED) is 0.698. The van der Waals surface area contributed by atoms with E-state index in [1.54, 1.807) is 12.4 Å². The van der Waals surface area contributed by atoms with Crippen molar-refractivity contribution in [2.75, 3.05) is 5.73 Å². The van der Waals surface area contributed by atoms with E-state index in [0.29, 0.717) is 11.6 Å². The fraction of sp³-hybridized carbons (Fsp3) is 0.0667. The van der Waals surface area contributed by atoms with Crippen LogP contribution in [0.4, 0.5) is 5.82 Å². The highest BCUT2D eigenvalue weighted by Crippen LogP contribution is 2.28. The van der Waals surface area contributed by atoms with Crippen LogP contribution in [0.5, 0.6) is 0 Å². The van der Waals surface area contributed by atoms with Crippen molar-refractivity contribution in [3.63, 3.8) is 0 Å². The molecule has 0 aliphatic heterocycles. The topological polar surface area (TPSA) is 64.9 Å². The molecule has 3 aromatic rings. The van der Waals surface area contributed by atoms with E-state index in [2.05, 4.69) is 25.9 Å². The van der Waals surface area contributed by atoms with E-state index >= 15 is 0 Å². The molecule has 0 atom stereocenters. The van der Waals surface area contributed by atoms with Gasteiger partial charge < -0.3 is 10.2 Å². The van der Waals surface area contributed by atoms with Gasteiger partial charge in [0.05, 0.1) is 5.75 Å². The summed E-state index contributed by atoms with van der Waals surface area (Å²) in [5.74, 6) is 2.84. The Kier molecular flexibility index (Phi) is 4.26. The number of nitrogens with zero attached hydrogens (tertiary/aromatic N) is 2. The van der Waals surface area contributed by atoms with Crippen molar-refractivity contribution in [3.8, 4) is 11.3 Å². The molecular formula is C15H12BrN3OS. The van der Waals surface area contributed by atoms with Crippen LogP contribution in [0.3, 0.4) is 0 Å². The summed E-state index contributed by atoms with van der Waals surface area (Å²) in [5.41, 5.74) is 6.82. The van der Waals surface area contributed by atoms with E-state index in [9.17, 15) is 0 Å². The molecule has 21 heavy (non-hydrogen) atoms. The molecule has 1 aromatic carbocycles. The van der Waals surface area contributed by atoms with Gasteiger partial charge in [-0.15, -0.1) is 0 Å². The Balaban J connectivity index is 1.71. The van der Waals surface area contributed by atoms with Gasteiger partial charge in [-0.05, 0) is 24.3 Å². The van der Waals surface area contributed by atoms with Gasteiger partial charge in [0.1, 0.15) is 16.5 Å². The molecule has 0 aliphatic carbocycles. The monoisotopic (exact) mass is 361 g/mol. The third kappa shape index (κ3) is 3.46. The van der Waals surface area contributed by atoms with Gasteiger partial charge in [0, 0.05) is 22.4 Å². The average molecular weight is 362 g/mol. The van der Waals surface area contributed by atoms with Crippen molar-refractivity contribution in [1.82, 2.24) is 9.97 Å². The molecule has 3 rings (SSSR count). The van der Waals surface area contributed by atoms with E-state index in [4.69, 9.17) is 10.2 Å². The molecule has 106 valence electrons. The normalized spacial score (nSPS) is 10.7. The first-order valence-corrected chi connectivity index (χ1v) is 8.04. The number of aromatic nitrogens is 2. The summed E-state index contributed by atoms with van der Waals surface area (Å²) in [6, 6.07) is 12.0. The summed E-state index contributed by atoms with van der Waals surface area (Å²) in [5, 5.41) is 0.721. The second kappa shape index (κ2) is 6.32. The highest BCUT2D eigenvalue weighted by atomic mass is 79.9. The zero-order valence-electron chi connectivity index (χ0n) is 11.0. The summed E-state index contributed by atoms with van der Waals surface area (Å²) in [6.07, 6.45) is 3.21. The molecule has 0 amide bonds. The summed E-state index contributed by atoms with van der Waals surface area (Å²) >= 11 is 4.93. The highest BCUT2D eigenvalue weighted by Gasteiger charge is 2.07. The number of rotatable bonds is 4. The third-order valence-corrected chi connectivity index (χ3v) is 4.38. The molecular weight excluding hydrogens is 350 g/mol. The van der Waals surface area contributed by atoms with Crippen LogP contribution >= 0.6 is 27.7 Å².